The van der Waals surface area contributed by atoms with Crippen LogP contribution in [0.25, 0.3) is 0 Å². The summed E-state index contributed by atoms with van der Waals surface area (Å²) in [5.74, 6) is -0.191. The molecule has 0 aliphatic carbocycles. The van der Waals surface area contributed by atoms with Gasteiger partial charge >= 0.3 is 6.18 Å². The summed E-state index contributed by atoms with van der Waals surface area (Å²) >= 11 is 0. The molecule has 8 heteroatoms. The van der Waals surface area contributed by atoms with E-state index in [1.54, 1.807) is 0 Å². The number of oxime groups is 1. The highest BCUT2D eigenvalue weighted by atomic mass is 19.4. The number of rotatable bonds is 6. The maximum absolute atomic E-state index is 12.7. The number of aliphatic hydroxyl groups is 1. The van der Waals surface area contributed by atoms with Crippen molar-refractivity contribution in [1.29, 1.82) is 0 Å². The van der Waals surface area contributed by atoms with E-state index in [9.17, 15) is 18.3 Å². The van der Waals surface area contributed by atoms with Crippen molar-refractivity contribution >= 4 is 5.84 Å². The zero-order valence-electron chi connectivity index (χ0n) is 15.5. The Morgan fingerprint density at radius 1 is 1.26 bits per heavy atom. The molecule has 0 fully saturated rings. The van der Waals surface area contributed by atoms with E-state index in [0.717, 1.165) is 23.4 Å². The van der Waals surface area contributed by atoms with Crippen molar-refractivity contribution < 1.29 is 23.1 Å². The molecule has 0 bridgehead atoms. The second-order valence-corrected chi connectivity index (χ2v) is 7.33. The molecular weight excluding hydrogens is 359 g/mol. The Bertz CT molecular complexity index is 792. The Labute approximate surface area is 156 Å². The summed E-state index contributed by atoms with van der Waals surface area (Å²) in [7, 11) is 0. The number of hydrogen-bond donors (Lipinski definition) is 3. The lowest BCUT2D eigenvalue weighted by Gasteiger charge is -2.20. The molecule has 1 unspecified atom stereocenters. The third-order valence-corrected chi connectivity index (χ3v) is 4.00. The summed E-state index contributed by atoms with van der Waals surface area (Å²) in [6.45, 7) is 6.08. The van der Waals surface area contributed by atoms with Crippen LogP contribution in [0.1, 0.15) is 43.2 Å². The summed E-state index contributed by atoms with van der Waals surface area (Å²) in [4.78, 5) is 8.14. The first-order valence-corrected chi connectivity index (χ1v) is 8.46. The van der Waals surface area contributed by atoms with E-state index in [1.807, 2.05) is 12.3 Å². The number of halogens is 3. The van der Waals surface area contributed by atoms with Crippen molar-refractivity contribution in [3.05, 3.63) is 58.9 Å². The van der Waals surface area contributed by atoms with Gasteiger partial charge in [0.15, 0.2) is 5.84 Å². The number of benzene rings is 1. The quantitative estimate of drug-likeness (QED) is 0.405. The van der Waals surface area contributed by atoms with Crippen LogP contribution >= 0.6 is 0 Å². The van der Waals surface area contributed by atoms with Gasteiger partial charge in [0, 0.05) is 23.9 Å². The van der Waals surface area contributed by atoms with Crippen molar-refractivity contribution in [2.24, 2.45) is 10.9 Å². The Morgan fingerprint density at radius 3 is 2.59 bits per heavy atom. The number of nitrogens with zero attached hydrogens (tertiary/aromatic N) is 1. The number of nitrogens with one attached hydrogen (secondary N) is 1. The number of hydrogen-bond acceptors (Lipinski definition) is 3. The molecule has 0 aliphatic rings. The van der Waals surface area contributed by atoms with Crippen LogP contribution in [0.15, 0.2) is 41.7 Å². The summed E-state index contributed by atoms with van der Waals surface area (Å²) in [5.41, 5.74) is 6.88. The highest BCUT2D eigenvalue weighted by Crippen LogP contribution is 2.29. The van der Waals surface area contributed by atoms with Gasteiger partial charge in [-0.2, -0.15) is 13.2 Å². The first-order chi connectivity index (χ1) is 12.5. The standard InChI is InChI=1S/C19H24F3N3O2/c1-18(2,3)15-7-8-24-16(15)10-14(26)11-27-25-17(23)12-5-4-6-13(9-12)19(20,21)22/h4-9,14,24,26H,10-11H2,1-3H3,(H2,23,25). The lowest BCUT2D eigenvalue weighted by atomic mass is 9.86. The normalized spacial score (nSPS) is 14.3. The Balaban J connectivity index is 1.96. The smallest absolute Gasteiger partial charge is 0.391 e. The van der Waals surface area contributed by atoms with Crippen LogP contribution < -0.4 is 5.73 Å². The fraction of sp³-hybridized carbons (Fsp3) is 0.421. The summed E-state index contributed by atoms with van der Waals surface area (Å²) in [6, 6.07) is 6.46. The topological polar surface area (TPSA) is 83.6 Å². The molecule has 1 heterocycles. The van der Waals surface area contributed by atoms with Crippen LogP contribution in [-0.4, -0.2) is 28.6 Å². The molecule has 0 aliphatic heterocycles. The molecule has 2 aromatic rings. The molecule has 148 valence electrons. The van der Waals surface area contributed by atoms with E-state index in [0.29, 0.717) is 6.42 Å². The van der Waals surface area contributed by atoms with Gasteiger partial charge in [-0.25, -0.2) is 0 Å². The lowest BCUT2D eigenvalue weighted by Crippen LogP contribution is -2.22. The zero-order valence-corrected chi connectivity index (χ0v) is 15.5. The molecule has 2 rings (SSSR count). The molecule has 0 spiro atoms. The highest BCUT2D eigenvalue weighted by Gasteiger charge is 2.30. The van der Waals surface area contributed by atoms with Crippen LogP contribution in [0.3, 0.4) is 0 Å². The van der Waals surface area contributed by atoms with E-state index >= 15 is 0 Å². The van der Waals surface area contributed by atoms with E-state index in [-0.39, 0.29) is 23.4 Å². The predicted molar refractivity (Wildman–Crippen MR) is 97.3 cm³/mol. The van der Waals surface area contributed by atoms with Crippen molar-refractivity contribution in [2.45, 2.75) is 44.9 Å². The highest BCUT2D eigenvalue weighted by molar-refractivity contribution is 5.97. The molecule has 0 saturated carbocycles. The van der Waals surface area contributed by atoms with Gasteiger partial charge in [-0.05, 0) is 29.2 Å². The van der Waals surface area contributed by atoms with E-state index in [2.05, 4.69) is 30.9 Å². The number of amidine groups is 1. The lowest BCUT2D eigenvalue weighted by molar-refractivity contribution is -0.137. The number of aliphatic hydroxyl groups excluding tert-OH is 1. The number of aromatic nitrogens is 1. The minimum atomic E-state index is -4.46. The van der Waals surface area contributed by atoms with E-state index in [4.69, 9.17) is 10.6 Å². The summed E-state index contributed by atoms with van der Waals surface area (Å²) in [6.07, 6.45) is -3.16. The Hall–Kier alpha value is -2.48. The fourth-order valence-corrected chi connectivity index (χ4v) is 2.67. The number of alkyl halides is 3. The monoisotopic (exact) mass is 383 g/mol. The van der Waals surface area contributed by atoms with Crippen LogP contribution in [0, 0.1) is 0 Å². The maximum atomic E-state index is 12.7. The van der Waals surface area contributed by atoms with E-state index < -0.39 is 17.8 Å². The third kappa shape index (κ3) is 5.75. The van der Waals surface area contributed by atoms with E-state index in [1.165, 1.54) is 12.1 Å². The van der Waals surface area contributed by atoms with Crippen molar-refractivity contribution in [1.82, 2.24) is 4.98 Å². The average Bonchev–Trinajstić information content (AvgIpc) is 3.02. The summed E-state index contributed by atoms with van der Waals surface area (Å²) < 4.78 is 38.2. The van der Waals surface area contributed by atoms with Gasteiger partial charge in [-0.3, -0.25) is 0 Å². The Morgan fingerprint density at radius 2 is 1.96 bits per heavy atom. The second kappa shape index (κ2) is 8.04. The molecule has 5 nitrogen and oxygen atoms in total. The largest absolute Gasteiger partial charge is 0.416 e. The molecule has 1 aromatic heterocycles. The second-order valence-electron chi connectivity index (χ2n) is 7.33. The molecule has 0 amide bonds. The van der Waals surface area contributed by atoms with Crippen molar-refractivity contribution in [3.8, 4) is 0 Å². The van der Waals surface area contributed by atoms with Crippen LogP contribution in [0.4, 0.5) is 13.2 Å². The number of nitrogens with two attached hydrogens (primary N) is 1. The van der Waals surface area contributed by atoms with Gasteiger partial charge in [0.2, 0.25) is 0 Å². The predicted octanol–water partition coefficient (Wildman–Crippen LogP) is 3.57. The molecule has 1 atom stereocenters. The fourth-order valence-electron chi connectivity index (χ4n) is 2.67. The van der Waals surface area contributed by atoms with Crippen LogP contribution in [0.2, 0.25) is 0 Å². The van der Waals surface area contributed by atoms with Crippen LogP contribution in [0.5, 0.6) is 0 Å². The first-order valence-electron chi connectivity index (χ1n) is 8.46. The average molecular weight is 383 g/mol. The van der Waals surface area contributed by atoms with Crippen molar-refractivity contribution in [3.63, 3.8) is 0 Å². The molecule has 27 heavy (non-hydrogen) atoms. The molecule has 0 saturated heterocycles. The maximum Gasteiger partial charge on any atom is 0.416 e. The summed E-state index contributed by atoms with van der Waals surface area (Å²) in [5, 5.41) is 13.8. The minimum Gasteiger partial charge on any atom is -0.391 e. The molecule has 4 N–H and O–H groups in total. The number of H-pyrrole nitrogens is 1. The number of aromatic amines is 1. The molecule has 1 aromatic carbocycles. The third-order valence-electron chi connectivity index (χ3n) is 4.00. The SMILES string of the molecule is CC(C)(C)c1cc[nH]c1CC(O)CON=C(N)c1cccc(C(F)(F)F)c1. The van der Waals surface area contributed by atoms with Gasteiger partial charge in [-0.15, -0.1) is 0 Å². The van der Waals surface area contributed by atoms with Gasteiger partial charge in [-0.1, -0.05) is 38.1 Å². The van der Waals surface area contributed by atoms with Gasteiger partial charge in [0.25, 0.3) is 0 Å². The van der Waals surface area contributed by atoms with Gasteiger partial charge in [0.1, 0.15) is 6.61 Å². The molecule has 0 radical (unpaired) electrons. The van der Waals surface area contributed by atoms with Crippen molar-refractivity contribution in [2.75, 3.05) is 6.61 Å². The van der Waals surface area contributed by atoms with Gasteiger partial charge in [0.05, 0.1) is 11.7 Å². The molecular formula is C19H24F3N3O2. The first kappa shape index (κ1) is 20.8. The van der Waals surface area contributed by atoms with Gasteiger partial charge < -0.3 is 20.7 Å². The Kier molecular flexibility index (Phi) is 6.20. The minimum absolute atomic E-state index is 0.0675. The van der Waals surface area contributed by atoms with Crippen LogP contribution in [-0.2, 0) is 22.8 Å². The zero-order chi connectivity index (χ0) is 20.2.